The maximum absolute atomic E-state index is 2.97. The SMILES string of the molecule is c1cc[n+]2c(c1)C[B-]1(C3CCCC1CCC3)[n+]1ccccc1C[B-]21C2CCCC1CCC2. The standard InChI is InChI=1S/C28H40B2N2/c1-3-19-31-27(17-1)21-29(23-9-5-10-24(29)12-6-11-23)32-20-4-2-18-28(32)22-30(31)25-13-7-14-26(30)16-8-15-25/h1-4,17-20,23-26H,5-16,21-22H2. The highest BCUT2D eigenvalue weighted by Gasteiger charge is 2.60. The molecule has 0 amide bonds. The minimum atomic E-state index is -0.590. The average molecular weight is 426 g/mol. The molecule has 0 unspecified atom stereocenters. The van der Waals surface area contributed by atoms with E-state index in [0.29, 0.717) is 0 Å². The van der Waals surface area contributed by atoms with E-state index in [9.17, 15) is 0 Å². The second kappa shape index (κ2) is 7.47. The molecule has 0 aromatic carbocycles. The molecule has 0 N–H and O–H groups in total. The number of hydrogen-bond acceptors (Lipinski definition) is 0. The van der Waals surface area contributed by atoms with Gasteiger partial charge in [-0.3, -0.25) is 0 Å². The number of pyridine rings is 2. The summed E-state index contributed by atoms with van der Waals surface area (Å²) in [6.07, 6.45) is 24.1. The summed E-state index contributed by atoms with van der Waals surface area (Å²) in [4.78, 5) is 0. The van der Waals surface area contributed by atoms with Gasteiger partial charge in [0, 0.05) is 0 Å². The smallest absolute Gasteiger partial charge is 0.293 e. The fourth-order valence-corrected chi connectivity index (χ4v) is 10.9. The van der Waals surface area contributed by atoms with Gasteiger partial charge in [0.15, 0.2) is 0 Å². The van der Waals surface area contributed by atoms with Crippen molar-refractivity contribution in [2.45, 2.75) is 113 Å². The lowest BCUT2D eigenvalue weighted by atomic mass is 9.12. The third kappa shape index (κ3) is 2.62. The summed E-state index contributed by atoms with van der Waals surface area (Å²) >= 11 is 0. The monoisotopic (exact) mass is 426 g/mol. The molecule has 0 atom stereocenters. The molecule has 5 aliphatic rings. The van der Waals surface area contributed by atoms with Crippen molar-refractivity contribution in [3.05, 3.63) is 60.2 Å². The van der Waals surface area contributed by atoms with Gasteiger partial charge in [-0.25, -0.2) is 0 Å². The Hall–Kier alpha value is -1.57. The molecule has 2 aromatic rings. The van der Waals surface area contributed by atoms with Gasteiger partial charge in [-0.05, 0) is 36.9 Å². The molecule has 4 bridgehead atoms. The summed E-state index contributed by atoms with van der Waals surface area (Å²) in [7, 11) is 0. The summed E-state index contributed by atoms with van der Waals surface area (Å²) in [5.74, 6) is 3.65. The van der Waals surface area contributed by atoms with Gasteiger partial charge in [0.2, 0.25) is 0 Å². The van der Waals surface area contributed by atoms with Gasteiger partial charge >= 0.3 is 0 Å². The molecule has 4 heteroatoms. The molecule has 32 heavy (non-hydrogen) atoms. The third-order valence-electron chi connectivity index (χ3n) is 11.9. The fourth-order valence-electron chi connectivity index (χ4n) is 10.9. The van der Waals surface area contributed by atoms with Gasteiger partial charge in [-0.15, -0.1) is 0 Å². The van der Waals surface area contributed by atoms with Crippen LogP contribution in [0, 0.1) is 0 Å². The Balaban J connectivity index is 1.49. The van der Waals surface area contributed by atoms with E-state index in [-0.39, 0.29) is 0 Å². The van der Waals surface area contributed by atoms with E-state index in [0.717, 1.165) is 23.3 Å². The van der Waals surface area contributed by atoms with Gasteiger partial charge in [-0.2, -0.15) is 0 Å². The van der Waals surface area contributed by atoms with Crippen molar-refractivity contribution in [1.29, 1.82) is 0 Å². The van der Waals surface area contributed by atoms with Crippen LogP contribution in [-0.2, 0) is 12.6 Å². The molecule has 5 aliphatic heterocycles. The van der Waals surface area contributed by atoms with E-state index in [1.54, 1.807) is 11.4 Å². The van der Waals surface area contributed by atoms with Crippen LogP contribution in [0.1, 0.15) is 88.4 Å². The Morgan fingerprint density at radius 2 is 0.844 bits per heavy atom. The zero-order valence-corrected chi connectivity index (χ0v) is 19.9. The summed E-state index contributed by atoms with van der Waals surface area (Å²) in [5.41, 5.74) is 3.40. The fraction of sp³-hybridized carbons (Fsp3) is 0.643. The first kappa shape index (κ1) is 19.9. The van der Waals surface area contributed by atoms with E-state index in [2.05, 4.69) is 57.7 Å². The van der Waals surface area contributed by atoms with Crippen LogP contribution in [0.15, 0.2) is 48.8 Å². The predicted octanol–water partition coefficient (Wildman–Crippen LogP) is 5.94. The molecule has 7 heterocycles. The molecule has 7 rings (SSSR count). The molecular weight excluding hydrogens is 386 g/mol. The summed E-state index contributed by atoms with van der Waals surface area (Å²) in [6.45, 7) is 0. The average Bonchev–Trinajstić information content (AvgIpc) is 2.78. The zero-order valence-electron chi connectivity index (χ0n) is 19.9. The van der Waals surface area contributed by atoms with Crippen LogP contribution in [-0.4, -0.2) is 12.6 Å². The van der Waals surface area contributed by atoms with Crippen LogP contribution in [0.2, 0.25) is 23.3 Å². The zero-order chi connectivity index (χ0) is 21.2. The van der Waals surface area contributed by atoms with Crippen molar-refractivity contribution in [2.75, 3.05) is 0 Å². The van der Waals surface area contributed by atoms with E-state index in [4.69, 9.17) is 0 Å². The third-order valence-corrected chi connectivity index (χ3v) is 11.9. The Bertz CT molecular complexity index is 894. The van der Waals surface area contributed by atoms with Crippen molar-refractivity contribution >= 4 is 12.6 Å². The van der Waals surface area contributed by atoms with Crippen LogP contribution >= 0.6 is 0 Å². The molecule has 168 valence electrons. The lowest BCUT2D eigenvalue weighted by Gasteiger charge is -2.58. The highest BCUT2D eigenvalue weighted by Crippen LogP contribution is 2.55. The quantitative estimate of drug-likeness (QED) is 0.461. The highest BCUT2D eigenvalue weighted by molar-refractivity contribution is 6.76. The normalized spacial score (nSPS) is 40.2. The number of nitrogens with zero attached hydrogens (tertiary/aromatic N) is 2. The van der Waals surface area contributed by atoms with Crippen molar-refractivity contribution in [3.8, 4) is 0 Å². The lowest BCUT2D eigenvalue weighted by Crippen LogP contribution is -2.81. The van der Waals surface area contributed by atoms with Crippen LogP contribution in [0.25, 0.3) is 0 Å². The highest BCUT2D eigenvalue weighted by atomic mass is 15.0. The minimum Gasteiger partial charge on any atom is -0.426 e. The van der Waals surface area contributed by atoms with Crippen molar-refractivity contribution < 1.29 is 8.96 Å². The number of rotatable bonds is 0. The molecule has 2 nitrogen and oxygen atoms in total. The lowest BCUT2D eigenvalue weighted by molar-refractivity contribution is -0.586. The first-order valence-electron chi connectivity index (χ1n) is 14.2. The van der Waals surface area contributed by atoms with Gasteiger partial charge in [0.05, 0.1) is 11.4 Å². The van der Waals surface area contributed by atoms with Crippen LogP contribution in [0.3, 0.4) is 0 Å². The maximum Gasteiger partial charge on any atom is 0.293 e. The van der Waals surface area contributed by atoms with Crippen molar-refractivity contribution in [1.82, 2.24) is 0 Å². The van der Waals surface area contributed by atoms with E-state index < -0.39 is 12.6 Å². The molecule has 0 saturated carbocycles. The second-order valence-corrected chi connectivity index (χ2v) is 12.7. The number of fused-ring (bicyclic) bond motifs is 2. The van der Waals surface area contributed by atoms with Gasteiger partial charge < -0.3 is 8.96 Å². The molecule has 0 radical (unpaired) electrons. The largest absolute Gasteiger partial charge is 0.426 e. The first-order chi connectivity index (χ1) is 15.8. The molecule has 0 aliphatic carbocycles. The van der Waals surface area contributed by atoms with Crippen LogP contribution in [0.5, 0.6) is 0 Å². The Morgan fingerprint density at radius 3 is 1.19 bits per heavy atom. The molecular formula is C28H40B2N2. The summed E-state index contributed by atoms with van der Waals surface area (Å²) in [6, 6.07) is 14.5. The maximum atomic E-state index is 2.97. The van der Waals surface area contributed by atoms with E-state index in [1.807, 2.05) is 0 Å². The Morgan fingerprint density at radius 1 is 0.500 bits per heavy atom. The molecule has 4 fully saturated rings. The second-order valence-electron chi connectivity index (χ2n) is 12.7. The molecule has 2 spiro atoms. The van der Waals surface area contributed by atoms with Crippen LogP contribution < -0.4 is 8.96 Å². The van der Waals surface area contributed by atoms with Crippen LogP contribution in [0.4, 0.5) is 0 Å². The predicted molar refractivity (Wildman–Crippen MR) is 133 cm³/mol. The Kier molecular flexibility index (Phi) is 4.64. The number of aromatic nitrogens is 2. The first-order valence-corrected chi connectivity index (χ1v) is 14.2. The minimum absolute atomic E-state index is 0.590. The van der Waals surface area contributed by atoms with Crippen molar-refractivity contribution in [3.63, 3.8) is 0 Å². The van der Waals surface area contributed by atoms with E-state index in [1.165, 1.54) is 89.7 Å². The summed E-state index contributed by atoms with van der Waals surface area (Å²) in [5, 5.41) is 0. The molecule has 2 aromatic heterocycles. The topological polar surface area (TPSA) is 7.76 Å². The summed E-state index contributed by atoms with van der Waals surface area (Å²) < 4.78 is 5.94. The van der Waals surface area contributed by atoms with Gasteiger partial charge in [0.25, 0.3) is 12.6 Å². The van der Waals surface area contributed by atoms with Crippen molar-refractivity contribution in [2.24, 2.45) is 0 Å². The van der Waals surface area contributed by atoms with Gasteiger partial charge in [0.1, 0.15) is 12.4 Å². The van der Waals surface area contributed by atoms with E-state index >= 15 is 0 Å². The van der Waals surface area contributed by atoms with Gasteiger partial charge in [-0.1, -0.05) is 112 Å². The Labute approximate surface area is 194 Å². The number of hydrogen-bond donors (Lipinski definition) is 0. The molecule has 4 saturated heterocycles.